The molecular weight excluding hydrogens is 312 g/mol. The Balaban J connectivity index is 1.80. The van der Waals surface area contributed by atoms with Crippen molar-refractivity contribution in [1.29, 1.82) is 0 Å². The first-order valence-corrected chi connectivity index (χ1v) is 9.76. The normalized spacial score (nSPS) is 25.8. The molecule has 2 rings (SSSR count). The summed E-state index contributed by atoms with van der Waals surface area (Å²) in [5, 5.41) is 1.20. The van der Waals surface area contributed by atoms with Crippen molar-refractivity contribution in [2.75, 3.05) is 44.6 Å². The highest BCUT2D eigenvalue weighted by molar-refractivity contribution is 9.09. The molecule has 1 heterocycles. The van der Waals surface area contributed by atoms with Gasteiger partial charge in [-0.15, -0.1) is 0 Å². The molecule has 2 nitrogen and oxygen atoms in total. The predicted octanol–water partition coefficient (Wildman–Crippen LogP) is 4.00. The van der Waals surface area contributed by atoms with Gasteiger partial charge < -0.3 is 9.80 Å². The SMILES string of the molecule is CC(C)CN1CCN(CC2(CBr)CCCCCC2)CC1. The zero-order chi connectivity index (χ0) is 14.4. The van der Waals surface area contributed by atoms with Crippen LogP contribution in [0.3, 0.4) is 0 Å². The molecule has 2 aliphatic rings. The van der Waals surface area contributed by atoms with E-state index in [1.54, 1.807) is 0 Å². The molecule has 0 spiro atoms. The first-order valence-electron chi connectivity index (χ1n) is 8.64. The molecule has 3 heteroatoms. The summed E-state index contributed by atoms with van der Waals surface area (Å²) in [5.74, 6) is 0.803. The summed E-state index contributed by atoms with van der Waals surface area (Å²) >= 11 is 3.84. The highest BCUT2D eigenvalue weighted by atomic mass is 79.9. The van der Waals surface area contributed by atoms with Crippen LogP contribution in [0.4, 0.5) is 0 Å². The highest BCUT2D eigenvalue weighted by Gasteiger charge is 2.32. The van der Waals surface area contributed by atoms with Gasteiger partial charge in [-0.25, -0.2) is 0 Å². The Kier molecular flexibility index (Phi) is 6.83. The van der Waals surface area contributed by atoms with Crippen molar-refractivity contribution in [2.24, 2.45) is 11.3 Å². The average Bonchev–Trinajstić information content (AvgIpc) is 2.67. The van der Waals surface area contributed by atoms with Gasteiger partial charge in [-0.05, 0) is 24.2 Å². The molecule has 0 unspecified atom stereocenters. The van der Waals surface area contributed by atoms with Crippen molar-refractivity contribution in [3.05, 3.63) is 0 Å². The summed E-state index contributed by atoms with van der Waals surface area (Å²) in [4.78, 5) is 5.39. The first kappa shape index (κ1) is 16.8. The molecule has 0 aromatic carbocycles. The highest BCUT2D eigenvalue weighted by Crippen LogP contribution is 2.37. The molecular formula is C17H33BrN2. The Bertz CT molecular complexity index is 264. The minimum atomic E-state index is 0.566. The van der Waals surface area contributed by atoms with Crippen LogP contribution in [0.25, 0.3) is 0 Å². The fourth-order valence-corrected chi connectivity index (χ4v) is 4.67. The quantitative estimate of drug-likeness (QED) is 0.549. The maximum absolute atomic E-state index is 3.84. The number of alkyl halides is 1. The molecule has 0 aromatic rings. The summed E-state index contributed by atoms with van der Waals surface area (Å²) in [7, 11) is 0. The number of hydrogen-bond acceptors (Lipinski definition) is 2. The van der Waals surface area contributed by atoms with Crippen molar-refractivity contribution >= 4 is 15.9 Å². The number of nitrogens with zero attached hydrogens (tertiary/aromatic N) is 2. The third-order valence-electron chi connectivity index (χ3n) is 5.09. The van der Waals surface area contributed by atoms with Crippen molar-refractivity contribution in [3.8, 4) is 0 Å². The average molecular weight is 345 g/mol. The van der Waals surface area contributed by atoms with Crippen molar-refractivity contribution < 1.29 is 0 Å². The van der Waals surface area contributed by atoms with Gasteiger partial charge in [-0.2, -0.15) is 0 Å². The number of halogens is 1. The fraction of sp³-hybridized carbons (Fsp3) is 1.00. The van der Waals surface area contributed by atoms with E-state index in [2.05, 4.69) is 39.6 Å². The molecule has 0 N–H and O–H groups in total. The standard InChI is InChI=1S/C17H33BrN2/c1-16(2)13-19-9-11-20(12-10-19)15-17(14-18)7-5-3-4-6-8-17/h16H,3-15H2,1-2H3. The number of rotatable bonds is 5. The lowest BCUT2D eigenvalue weighted by Gasteiger charge is -2.41. The van der Waals surface area contributed by atoms with E-state index in [1.165, 1.54) is 83.1 Å². The van der Waals surface area contributed by atoms with E-state index in [0.29, 0.717) is 5.41 Å². The van der Waals surface area contributed by atoms with Crippen LogP contribution in [0.2, 0.25) is 0 Å². The minimum Gasteiger partial charge on any atom is -0.301 e. The van der Waals surface area contributed by atoms with Crippen LogP contribution < -0.4 is 0 Å². The van der Waals surface area contributed by atoms with E-state index in [9.17, 15) is 0 Å². The molecule has 0 amide bonds. The van der Waals surface area contributed by atoms with Gasteiger partial charge in [-0.3, -0.25) is 0 Å². The molecule has 0 bridgehead atoms. The van der Waals surface area contributed by atoms with Crippen LogP contribution in [0.15, 0.2) is 0 Å². The molecule has 1 saturated heterocycles. The molecule has 118 valence electrons. The topological polar surface area (TPSA) is 6.48 Å². The van der Waals surface area contributed by atoms with E-state index in [4.69, 9.17) is 0 Å². The monoisotopic (exact) mass is 344 g/mol. The fourth-order valence-electron chi connectivity index (χ4n) is 3.93. The van der Waals surface area contributed by atoms with Gasteiger partial charge >= 0.3 is 0 Å². The Labute approximate surface area is 134 Å². The van der Waals surface area contributed by atoms with E-state index in [-0.39, 0.29) is 0 Å². The maximum atomic E-state index is 3.84. The van der Waals surface area contributed by atoms with Gasteiger partial charge in [0.05, 0.1) is 0 Å². The molecule has 1 aliphatic carbocycles. The zero-order valence-electron chi connectivity index (χ0n) is 13.5. The molecule has 20 heavy (non-hydrogen) atoms. The predicted molar refractivity (Wildman–Crippen MR) is 91.6 cm³/mol. The summed E-state index contributed by atoms with van der Waals surface area (Å²) in [5.41, 5.74) is 0.566. The second-order valence-corrected chi connectivity index (χ2v) is 8.08. The van der Waals surface area contributed by atoms with Crippen molar-refractivity contribution in [3.63, 3.8) is 0 Å². The van der Waals surface area contributed by atoms with Crippen LogP contribution in [0, 0.1) is 11.3 Å². The van der Waals surface area contributed by atoms with E-state index in [0.717, 1.165) is 5.92 Å². The smallest absolute Gasteiger partial charge is 0.0110 e. The second kappa shape index (κ2) is 8.14. The van der Waals surface area contributed by atoms with Gasteiger partial charge in [0, 0.05) is 44.6 Å². The Morgan fingerprint density at radius 1 is 0.900 bits per heavy atom. The van der Waals surface area contributed by atoms with Gasteiger partial charge in [0.25, 0.3) is 0 Å². The molecule has 0 atom stereocenters. The summed E-state index contributed by atoms with van der Waals surface area (Å²) in [6, 6.07) is 0. The Morgan fingerprint density at radius 2 is 1.45 bits per heavy atom. The van der Waals surface area contributed by atoms with E-state index < -0.39 is 0 Å². The Morgan fingerprint density at radius 3 is 1.95 bits per heavy atom. The van der Waals surface area contributed by atoms with E-state index in [1.807, 2.05) is 0 Å². The molecule has 2 fully saturated rings. The molecule has 1 saturated carbocycles. The zero-order valence-corrected chi connectivity index (χ0v) is 15.1. The summed E-state index contributed by atoms with van der Waals surface area (Å²) in [6.07, 6.45) is 8.67. The number of piperazine rings is 1. The number of hydrogen-bond donors (Lipinski definition) is 0. The summed E-state index contributed by atoms with van der Waals surface area (Å²) < 4.78 is 0. The second-order valence-electron chi connectivity index (χ2n) is 7.52. The third kappa shape index (κ3) is 4.99. The van der Waals surface area contributed by atoms with Crippen LogP contribution in [0.1, 0.15) is 52.4 Å². The minimum absolute atomic E-state index is 0.566. The van der Waals surface area contributed by atoms with Gasteiger partial charge in [-0.1, -0.05) is 55.5 Å². The van der Waals surface area contributed by atoms with Crippen LogP contribution in [0.5, 0.6) is 0 Å². The van der Waals surface area contributed by atoms with Crippen molar-refractivity contribution in [1.82, 2.24) is 9.80 Å². The van der Waals surface area contributed by atoms with Crippen LogP contribution in [-0.4, -0.2) is 54.4 Å². The lowest BCUT2D eigenvalue weighted by atomic mass is 9.82. The van der Waals surface area contributed by atoms with E-state index >= 15 is 0 Å². The van der Waals surface area contributed by atoms with Gasteiger partial charge in [0.2, 0.25) is 0 Å². The van der Waals surface area contributed by atoms with Gasteiger partial charge in [0.1, 0.15) is 0 Å². The molecule has 0 radical (unpaired) electrons. The van der Waals surface area contributed by atoms with Crippen molar-refractivity contribution in [2.45, 2.75) is 52.4 Å². The molecule has 1 aliphatic heterocycles. The van der Waals surface area contributed by atoms with Gasteiger partial charge in [0.15, 0.2) is 0 Å². The lowest BCUT2D eigenvalue weighted by molar-refractivity contribution is 0.0808. The Hall–Kier alpha value is 0.400. The lowest BCUT2D eigenvalue weighted by Crippen LogP contribution is -2.50. The third-order valence-corrected chi connectivity index (χ3v) is 6.28. The van der Waals surface area contributed by atoms with Crippen LogP contribution in [-0.2, 0) is 0 Å². The maximum Gasteiger partial charge on any atom is 0.0110 e. The summed E-state index contributed by atoms with van der Waals surface area (Å²) in [6.45, 7) is 12.4. The molecule has 0 aromatic heterocycles. The largest absolute Gasteiger partial charge is 0.301 e. The van der Waals surface area contributed by atoms with Crippen LogP contribution >= 0.6 is 15.9 Å². The first-order chi connectivity index (χ1) is 9.63.